The molecule has 2 heterocycles. The second-order valence-corrected chi connectivity index (χ2v) is 9.14. The molecule has 28 heavy (non-hydrogen) atoms. The first-order valence-corrected chi connectivity index (χ1v) is 9.89. The van der Waals surface area contributed by atoms with Crippen LogP contribution in [0.4, 0.5) is 0 Å². The van der Waals surface area contributed by atoms with Crippen molar-refractivity contribution in [3.8, 4) is 0 Å². The highest BCUT2D eigenvalue weighted by molar-refractivity contribution is 5.76. The number of hydrogen-bond donors (Lipinski definition) is 2. The van der Waals surface area contributed by atoms with Crippen LogP contribution < -0.4 is 0 Å². The number of esters is 2. The fourth-order valence-electron chi connectivity index (χ4n) is 6.43. The maximum atomic E-state index is 12.9. The molecule has 3 unspecified atom stereocenters. The monoisotopic (exact) mass is 392 g/mol. The van der Waals surface area contributed by atoms with Gasteiger partial charge in [0, 0.05) is 5.56 Å². The van der Waals surface area contributed by atoms with E-state index in [1.807, 2.05) is 13.8 Å². The molecule has 154 valence electrons. The lowest BCUT2D eigenvalue weighted by Gasteiger charge is -2.63. The Morgan fingerprint density at radius 2 is 2.04 bits per heavy atom. The van der Waals surface area contributed by atoms with E-state index in [1.165, 1.54) is 13.4 Å². The number of carbonyl (C=O) groups excluding carboxylic acids is 2. The van der Waals surface area contributed by atoms with E-state index in [-0.39, 0.29) is 24.3 Å². The minimum Gasteiger partial charge on any atom is -0.472 e. The number of fused-ring (bicyclic) bond motifs is 3. The number of aliphatic hydroxyl groups is 2. The lowest BCUT2D eigenvalue weighted by atomic mass is 9.42. The predicted octanol–water partition coefficient (Wildman–Crippen LogP) is 2.22. The van der Waals surface area contributed by atoms with Crippen LogP contribution in [0.1, 0.15) is 51.2 Å². The van der Waals surface area contributed by atoms with Crippen molar-refractivity contribution in [2.75, 3.05) is 7.11 Å². The minimum atomic E-state index is -1.04. The van der Waals surface area contributed by atoms with Gasteiger partial charge >= 0.3 is 11.9 Å². The summed E-state index contributed by atoms with van der Waals surface area (Å²) in [5, 5.41) is 21.6. The number of cyclic esters (lactones) is 1. The Bertz CT molecular complexity index is 759. The molecule has 7 heteroatoms. The number of furan rings is 1. The number of carbonyl (C=O) groups is 2. The summed E-state index contributed by atoms with van der Waals surface area (Å²) in [7, 11) is 1.35. The van der Waals surface area contributed by atoms with E-state index in [0.717, 1.165) is 5.56 Å². The predicted molar refractivity (Wildman–Crippen MR) is 96.7 cm³/mol. The van der Waals surface area contributed by atoms with Crippen LogP contribution in [0.25, 0.3) is 0 Å². The Kier molecular flexibility index (Phi) is 4.58. The Morgan fingerprint density at radius 1 is 1.29 bits per heavy atom. The first-order chi connectivity index (χ1) is 13.2. The zero-order valence-corrected chi connectivity index (χ0v) is 16.5. The Hall–Kier alpha value is -1.86. The van der Waals surface area contributed by atoms with Gasteiger partial charge in [-0.2, -0.15) is 0 Å². The topological polar surface area (TPSA) is 106 Å². The van der Waals surface area contributed by atoms with Gasteiger partial charge in [-0.15, -0.1) is 0 Å². The summed E-state index contributed by atoms with van der Waals surface area (Å²) in [5.74, 6) is -2.00. The molecule has 7 nitrogen and oxygen atoms in total. The zero-order chi connectivity index (χ0) is 20.3. The number of aliphatic hydroxyl groups excluding tert-OH is 2. The molecule has 1 aromatic rings. The van der Waals surface area contributed by atoms with Crippen molar-refractivity contribution in [2.45, 2.75) is 57.8 Å². The molecular weight excluding hydrogens is 364 g/mol. The average Bonchev–Trinajstić information content (AvgIpc) is 3.18. The van der Waals surface area contributed by atoms with E-state index in [9.17, 15) is 19.8 Å². The molecule has 3 aliphatic rings. The molecule has 1 aromatic heterocycles. The molecule has 4 rings (SSSR count). The van der Waals surface area contributed by atoms with Gasteiger partial charge in [0.2, 0.25) is 0 Å². The quantitative estimate of drug-likeness (QED) is 0.743. The van der Waals surface area contributed by atoms with Gasteiger partial charge in [-0.3, -0.25) is 9.59 Å². The molecule has 3 fully saturated rings. The Labute approximate surface area is 164 Å². The molecule has 2 N–H and O–H groups in total. The highest BCUT2D eigenvalue weighted by Gasteiger charge is 2.66. The molecule has 2 saturated carbocycles. The lowest BCUT2D eigenvalue weighted by molar-refractivity contribution is -0.236. The van der Waals surface area contributed by atoms with Gasteiger partial charge in [0.1, 0.15) is 6.10 Å². The molecule has 2 aliphatic carbocycles. The van der Waals surface area contributed by atoms with Crippen molar-refractivity contribution in [3.05, 3.63) is 24.2 Å². The van der Waals surface area contributed by atoms with E-state index >= 15 is 0 Å². The minimum absolute atomic E-state index is 0.164. The van der Waals surface area contributed by atoms with Gasteiger partial charge in [-0.1, -0.05) is 13.8 Å². The molecule has 0 amide bonds. The van der Waals surface area contributed by atoms with Gasteiger partial charge in [0.25, 0.3) is 0 Å². The third kappa shape index (κ3) is 2.63. The van der Waals surface area contributed by atoms with Crippen LogP contribution in [-0.2, 0) is 19.1 Å². The van der Waals surface area contributed by atoms with Crippen molar-refractivity contribution in [2.24, 2.45) is 28.6 Å². The van der Waals surface area contributed by atoms with E-state index in [1.54, 1.807) is 12.3 Å². The highest BCUT2D eigenvalue weighted by atomic mass is 16.5. The largest absolute Gasteiger partial charge is 0.472 e. The second kappa shape index (κ2) is 6.59. The number of hydrogen-bond acceptors (Lipinski definition) is 7. The van der Waals surface area contributed by atoms with Crippen molar-refractivity contribution in [1.29, 1.82) is 0 Å². The molecular formula is C21H28O7. The van der Waals surface area contributed by atoms with E-state index < -0.39 is 41.0 Å². The van der Waals surface area contributed by atoms with Crippen LogP contribution in [-0.4, -0.2) is 41.5 Å². The molecule has 1 aliphatic heterocycles. The molecule has 0 bridgehead atoms. The van der Waals surface area contributed by atoms with Crippen molar-refractivity contribution >= 4 is 11.9 Å². The summed E-state index contributed by atoms with van der Waals surface area (Å²) in [5.41, 5.74) is -0.428. The zero-order valence-electron chi connectivity index (χ0n) is 16.5. The summed E-state index contributed by atoms with van der Waals surface area (Å²) in [6.07, 6.45) is 2.40. The van der Waals surface area contributed by atoms with Gasteiger partial charge in [0.15, 0.2) is 0 Å². The van der Waals surface area contributed by atoms with E-state index in [2.05, 4.69) is 0 Å². The number of ether oxygens (including phenoxy) is 2. The average molecular weight is 392 g/mol. The van der Waals surface area contributed by atoms with Gasteiger partial charge in [-0.05, 0) is 48.5 Å². The van der Waals surface area contributed by atoms with Crippen molar-refractivity contribution in [1.82, 2.24) is 0 Å². The first-order valence-electron chi connectivity index (χ1n) is 9.89. The maximum Gasteiger partial charge on any atom is 0.310 e. The Balaban J connectivity index is 1.77. The van der Waals surface area contributed by atoms with Crippen LogP contribution in [0.3, 0.4) is 0 Å². The third-order valence-corrected chi connectivity index (χ3v) is 7.77. The summed E-state index contributed by atoms with van der Waals surface area (Å²) in [6, 6.07) is 1.77. The van der Waals surface area contributed by atoms with E-state index in [0.29, 0.717) is 19.3 Å². The third-order valence-electron chi connectivity index (χ3n) is 7.77. The van der Waals surface area contributed by atoms with Crippen molar-refractivity contribution in [3.63, 3.8) is 0 Å². The fourth-order valence-corrected chi connectivity index (χ4v) is 6.43. The smallest absolute Gasteiger partial charge is 0.310 e. The normalized spacial score (nSPS) is 45.5. The molecule has 0 radical (unpaired) electrons. The standard InChI is InChI=1S/C21H28O7/c1-20-6-4-12-19(25)28-15(11-5-7-27-10-11)9-21(12,2)17(20)16(23)14(22)8-13(20)18(24)26-3/h5,7,10,12-17,22-23H,4,6,8-9H2,1-3H3/t12?,13?,14-,15-,16-,17?,20-,21-/m0/s1. The summed E-state index contributed by atoms with van der Waals surface area (Å²) < 4.78 is 15.9. The molecule has 0 spiro atoms. The summed E-state index contributed by atoms with van der Waals surface area (Å²) in [6.45, 7) is 3.98. The van der Waals surface area contributed by atoms with Crippen LogP contribution in [0.5, 0.6) is 0 Å². The molecule has 8 atom stereocenters. The van der Waals surface area contributed by atoms with E-state index in [4.69, 9.17) is 13.9 Å². The second-order valence-electron chi connectivity index (χ2n) is 9.14. The summed E-state index contributed by atoms with van der Waals surface area (Å²) in [4.78, 5) is 25.4. The first kappa shape index (κ1) is 19.5. The van der Waals surface area contributed by atoms with Gasteiger partial charge in [0.05, 0.1) is 43.7 Å². The lowest BCUT2D eigenvalue weighted by Crippen LogP contribution is -2.65. The molecule has 0 aromatic carbocycles. The van der Waals surface area contributed by atoms with Crippen LogP contribution in [0.2, 0.25) is 0 Å². The summed E-state index contributed by atoms with van der Waals surface area (Å²) >= 11 is 0. The molecule has 1 saturated heterocycles. The van der Waals surface area contributed by atoms with Crippen molar-refractivity contribution < 1.29 is 33.7 Å². The van der Waals surface area contributed by atoms with Crippen LogP contribution in [0, 0.1) is 28.6 Å². The van der Waals surface area contributed by atoms with Gasteiger partial charge in [-0.25, -0.2) is 0 Å². The van der Waals surface area contributed by atoms with Crippen LogP contribution in [0.15, 0.2) is 23.0 Å². The Morgan fingerprint density at radius 3 is 2.68 bits per heavy atom. The van der Waals surface area contributed by atoms with Crippen LogP contribution >= 0.6 is 0 Å². The number of rotatable bonds is 2. The SMILES string of the molecule is COC(=O)C1C[C@H](O)[C@H](O)C2[C@@]1(C)CCC1C(=O)O[C@H](c3ccoc3)C[C@@]12C. The number of methoxy groups -OCH3 is 1. The fraction of sp³-hybridized carbons (Fsp3) is 0.714. The maximum absolute atomic E-state index is 12.9. The highest BCUT2D eigenvalue weighted by Crippen LogP contribution is 2.65. The van der Waals surface area contributed by atoms with Gasteiger partial charge < -0.3 is 24.1 Å².